The van der Waals surface area contributed by atoms with E-state index >= 15 is 0 Å². The first-order valence-corrected chi connectivity index (χ1v) is 9.34. The van der Waals surface area contributed by atoms with E-state index in [-0.39, 0.29) is 5.91 Å². The molecular weight excluding hydrogens is 328 g/mol. The molecule has 26 heavy (non-hydrogen) atoms. The van der Waals surface area contributed by atoms with Crippen LogP contribution in [0.1, 0.15) is 49.9 Å². The van der Waals surface area contributed by atoms with Crippen LogP contribution in [0.2, 0.25) is 0 Å². The molecular formula is C20H26N4O2. The molecule has 0 spiro atoms. The van der Waals surface area contributed by atoms with E-state index in [4.69, 9.17) is 4.74 Å². The van der Waals surface area contributed by atoms with Gasteiger partial charge in [-0.1, -0.05) is 19.1 Å². The molecule has 1 atom stereocenters. The van der Waals surface area contributed by atoms with Crippen LogP contribution in [-0.4, -0.2) is 40.0 Å². The number of anilines is 2. The lowest BCUT2D eigenvalue weighted by molar-refractivity contribution is 0.0607. The van der Waals surface area contributed by atoms with Crippen LogP contribution in [0, 0.1) is 0 Å². The first kappa shape index (κ1) is 18.2. The van der Waals surface area contributed by atoms with Gasteiger partial charge >= 0.3 is 0 Å². The van der Waals surface area contributed by atoms with E-state index in [1.165, 1.54) is 6.42 Å². The quantitative estimate of drug-likeness (QED) is 0.848. The van der Waals surface area contributed by atoms with Gasteiger partial charge in [-0.2, -0.15) is 0 Å². The van der Waals surface area contributed by atoms with Gasteiger partial charge in [0.2, 0.25) is 5.95 Å². The molecule has 1 fully saturated rings. The van der Waals surface area contributed by atoms with E-state index in [0.717, 1.165) is 37.2 Å². The highest BCUT2D eigenvalue weighted by Crippen LogP contribution is 2.26. The number of benzene rings is 1. The Morgan fingerprint density at radius 1 is 1.23 bits per heavy atom. The van der Waals surface area contributed by atoms with Gasteiger partial charge in [-0.25, -0.2) is 9.97 Å². The Morgan fingerprint density at radius 3 is 2.73 bits per heavy atom. The molecule has 6 nitrogen and oxygen atoms in total. The second-order valence-corrected chi connectivity index (χ2v) is 6.41. The Balaban J connectivity index is 1.71. The van der Waals surface area contributed by atoms with Crippen LogP contribution in [0.25, 0.3) is 0 Å². The molecule has 6 heteroatoms. The molecule has 0 saturated carbocycles. The summed E-state index contributed by atoms with van der Waals surface area (Å²) in [5.74, 6) is 1.22. The third-order valence-corrected chi connectivity index (χ3v) is 4.69. The average Bonchev–Trinajstić information content (AvgIpc) is 2.69. The Labute approximate surface area is 154 Å². The predicted octanol–water partition coefficient (Wildman–Crippen LogP) is 4.02. The number of ether oxygens (including phenoxy) is 1. The summed E-state index contributed by atoms with van der Waals surface area (Å²) in [7, 11) is 0. The smallest absolute Gasteiger partial charge is 0.257 e. The molecule has 1 N–H and O–H groups in total. The van der Waals surface area contributed by atoms with Gasteiger partial charge in [-0.15, -0.1) is 0 Å². The molecule has 1 aromatic heterocycles. The molecule has 1 amide bonds. The van der Waals surface area contributed by atoms with Crippen LogP contribution >= 0.6 is 0 Å². The summed E-state index contributed by atoms with van der Waals surface area (Å²) in [6.45, 7) is 5.48. The number of piperidine rings is 1. The minimum absolute atomic E-state index is 0.0258. The Hall–Kier alpha value is -2.63. The Bertz CT molecular complexity index is 733. The van der Waals surface area contributed by atoms with Gasteiger partial charge in [0.05, 0.1) is 17.9 Å². The van der Waals surface area contributed by atoms with E-state index < -0.39 is 0 Å². The summed E-state index contributed by atoms with van der Waals surface area (Å²) in [5.41, 5.74) is 1.34. The van der Waals surface area contributed by atoms with Crippen molar-refractivity contribution < 1.29 is 9.53 Å². The van der Waals surface area contributed by atoms with E-state index in [2.05, 4.69) is 22.2 Å². The number of likely N-dealkylation sites (tertiary alicyclic amines) is 1. The molecule has 1 unspecified atom stereocenters. The maximum Gasteiger partial charge on any atom is 0.257 e. The standard InChI is InChI=1S/C20H26N4O2/c1-3-16-9-7-8-12-24(16)19(25)15-13-21-20(22-14-15)23-17-10-5-6-11-18(17)26-4-2/h5-6,10-11,13-14,16H,3-4,7-9,12H2,1-2H3,(H,21,22,23). The number of carbonyl (C=O) groups is 1. The van der Waals surface area contributed by atoms with Crippen LogP contribution in [0.5, 0.6) is 5.75 Å². The number of hydrogen-bond donors (Lipinski definition) is 1. The lowest BCUT2D eigenvalue weighted by atomic mass is 9.99. The highest BCUT2D eigenvalue weighted by Gasteiger charge is 2.26. The second kappa shape index (κ2) is 8.65. The largest absolute Gasteiger partial charge is 0.492 e. The minimum atomic E-state index is 0.0258. The van der Waals surface area contributed by atoms with Crippen molar-refractivity contribution in [2.75, 3.05) is 18.5 Å². The number of rotatable bonds is 6. The average molecular weight is 354 g/mol. The first-order chi connectivity index (χ1) is 12.7. The van der Waals surface area contributed by atoms with Gasteiger partial charge in [0.25, 0.3) is 5.91 Å². The number of amides is 1. The highest BCUT2D eigenvalue weighted by atomic mass is 16.5. The molecule has 2 heterocycles. The Morgan fingerprint density at radius 2 is 2.00 bits per heavy atom. The number of nitrogens with zero attached hydrogens (tertiary/aromatic N) is 3. The van der Waals surface area contributed by atoms with Crippen LogP contribution in [0.3, 0.4) is 0 Å². The molecule has 138 valence electrons. The SMILES string of the molecule is CCOc1ccccc1Nc1ncc(C(=O)N2CCCCC2CC)cn1. The van der Waals surface area contributed by atoms with E-state index in [1.807, 2.05) is 36.1 Å². The van der Waals surface area contributed by atoms with E-state index in [0.29, 0.717) is 24.2 Å². The maximum atomic E-state index is 12.8. The van der Waals surface area contributed by atoms with Gasteiger partial charge in [0.1, 0.15) is 5.75 Å². The van der Waals surface area contributed by atoms with Gasteiger partial charge in [0, 0.05) is 25.0 Å². The van der Waals surface area contributed by atoms with Crippen LogP contribution in [0.15, 0.2) is 36.7 Å². The molecule has 1 aliphatic rings. The lowest BCUT2D eigenvalue weighted by Crippen LogP contribution is -2.43. The van der Waals surface area contributed by atoms with E-state index in [9.17, 15) is 4.79 Å². The first-order valence-electron chi connectivity index (χ1n) is 9.34. The van der Waals surface area contributed by atoms with Gasteiger partial charge in [-0.3, -0.25) is 4.79 Å². The monoisotopic (exact) mass is 354 g/mol. The summed E-state index contributed by atoms with van der Waals surface area (Å²) >= 11 is 0. The molecule has 0 aliphatic carbocycles. The van der Waals surface area contributed by atoms with Crippen LogP contribution < -0.4 is 10.1 Å². The van der Waals surface area contributed by atoms with Crippen molar-refractivity contribution in [1.29, 1.82) is 0 Å². The third-order valence-electron chi connectivity index (χ3n) is 4.69. The van der Waals surface area contributed by atoms with Crippen LogP contribution in [0.4, 0.5) is 11.6 Å². The second-order valence-electron chi connectivity index (χ2n) is 6.41. The lowest BCUT2D eigenvalue weighted by Gasteiger charge is -2.35. The van der Waals surface area contributed by atoms with Crippen molar-refractivity contribution in [3.8, 4) is 5.75 Å². The summed E-state index contributed by atoms with van der Waals surface area (Å²) in [4.78, 5) is 23.4. The number of carbonyl (C=O) groups excluding carboxylic acids is 1. The molecule has 1 aliphatic heterocycles. The summed E-state index contributed by atoms with van der Waals surface area (Å²) in [6, 6.07) is 7.97. The fourth-order valence-corrected chi connectivity index (χ4v) is 3.33. The topological polar surface area (TPSA) is 67.3 Å². The maximum absolute atomic E-state index is 12.8. The van der Waals surface area contributed by atoms with Crippen molar-refractivity contribution in [3.05, 3.63) is 42.2 Å². The molecule has 1 saturated heterocycles. The minimum Gasteiger partial charge on any atom is -0.492 e. The van der Waals surface area contributed by atoms with Gasteiger partial charge in [0.15, 0.2) is 0 Å². The number of nitrogens with one attached hydrogen (secondary N) is 1. The summed E-state index contributed by atoms with van der Waals surface area (Å²) in [6.07, 6.45) is 7.53. The van der Waals surface area contributed by atoms with Gasteiger partial charge < -0.3 is 15.0 Å². The zero-order valence-corrected chi connectivity index (χ0v) is 15.4. The summed E-state index contributed by atoms with van der Waals surface area (Å²) in [5, 5.41) is 3.15. The van der Waals surface area contributed by atoms with Crippen molar-refractivity contribution in [3.63, 3.8) is 0 Å². The number of hydrogen-bond acceptors (Lipinski definition) is 5. The van der Waals surface area contributed by atoms with Crippen molar-refractivity contribution in [2.24, 2.45) is 0 Å². The van der Waals surface area contributed by atoms with Crippen molar-refractivity contribution >= 4 is 17.5 Å². The normalized spacial score (nSPS) is 17.0. The highest BCUT2D eigenvalue weighted by molar-refractivity contribution is 5.94. The van der Waals surface area contributed by atoms with Crippen LogP contribution in [-0.2, 0) is 0 Å². The number of para-hydroxylation sites is 2. The molecule has 3 rings (SSSR count). The summed E-state index contributed by atoms with van der Waals surface area (Å²) < 4.78 is 5.60. The molecule has 0 radical (unpaired) electrons. The third kappa shape index (κ3) is 4.12. The zero-order chi connectivity index (χ0) is 18.4. The zero-order valence-electron chi connectivity index (χ0n) is 15.4. The fraction of sp³-hybridized carbons (Fsp3) is 0.450. The van der Waals surface area contributed by atoms with E-state index in [1.54, 1.807) is 12.4 Å². The van der Waals surface area contributed by atoms with Crippen molar-refractivity contribution in [1.82, 2.24) is 14.9 Å². The Kier molecular flexibility index (Phi) is 6.04. The fourth-order valence-electron chi connectivity index (χ4n) is 3.33. The van der Waals surface area contributed by atoms with Crippen molar-refractivity contribution in [2.45, 2.75) is 45.6 Å². The molecule has 0 bridgehead atoms. The molecule has 2 aromatic rings. The number of aromatic nitrogens is 2. The van der Waals surface area contributed by atoms with Gasteiger partial charge in [-0.05, 0) is 44.7 Å². The predicted molar refractivity (Wildman–Crippen MR) is 102 cm³/mol. The molecule has 1 aromatic carbocycles.